The van der Waals surface area contributed by atoms with Crippen molar-refractivity contribution in [2.24, 2.45) is 0 Å². The summed E-state index contributed by atoms with van der Waals surface area (Å²) in [6, 6.07) is 5.80. The SMILES string of the molecule is Nc1cc(OCc2ccc(-c3cn[nH]c3)cc2OC(F)(F)F)c2nn[nH]c2n1. The van der Waals surface area contributed by atoms with Gasteiger partial charge in [0.15, 0.2) is 16.9 Å². The predicted octanol–water partition coefficient (Wildman–Crippen LogP) is 2.80. The molecule has 4 N–H and O–H groups in total. The molecule has 4 aromatic rings. The lowest BCUT2D eigenvalue weighted by atomic mass is 10.1. The number of benzene rings is 1. The third kappa shape index (κ3) is 3.65. The number of alkyl halides is 3. The Morgan fingerprint density at radius 1 is 1.11 bits per heavy atom. The summed E-state index contributed by atoms with van der Waals surface area (Å²) < 4.78 is 48.3. The van der Waals surface area contributed by atoms with Crippen molar-refractivity contribution in [3.63, 3.8) is 0 Å². The number of aromatic nitrogens is 6. The number of pyridine rings is 1. The number of aromatic amines is 2. The van der Waals surface area contributed by atoms with Crippen molar-refractivity contribution < 1.29 is 22.6 Å². The largest absolute Gasteiger partial charge is 0.573 e. The van der Waals surface area contributed by atoms with E-state index in [1.54, 1.807) is 12.3 Å². The van der Waals surface area contributed by atoms with Crippen LogP contribution in [0.2, 0.25) is 0 Å². The molecule has 0 fully saturated rings. The fourth-order valence-corrected chi connectivity index (χ4v) is 2.58. The number of nitrogens with one attached hydrogen (secondary N) is 2. The predicted molar refractivity (Wildman–Crippen MR) is 91.1 cm³/mol. The fraction of sp³-hybridized carbons (Fsp3) is 0.125. The van der Waals surface area contributed by atoms with E-state index in [0.29, 0.717) is 22.3 Å². The van der Waals surface area contributed by atoms with Crippen LogP contribution in [0.1, 0.15) is 5.56 Å². The third-order valence-electron chi connectivity index (χ3n) is 3.79. The number of rotatable bonds is 5. The number of H-pyrrole nitrogens is 2. The summed E-state index contributed by atoms with van der Waals surface area (Å²) in [5, 5.41) is 16.4. The molecular formula is C16H12F3N7O2. The maximum atomic E-state index is 12.8. The van der Waals surface area contributed by atoms with E-state index in [1.165, 1.54) is 24.4 Å². The summed E-state index contributed by atoms with van der Waals surface area (Å²) in [6.45, 7) is -0.220. The van der Waals surface area contributed by atoms with E-state index >= 15 is 0 Å². The van der Waals surface area contributed by atoms with Crippen LogP contribution in [0, 0.1) is 0 Å². The highest BCUT2D eigenvalue weighted by Gasteiger charge is 2.32. The summed E-state index contributed by atoms with van der Waals surface area (Å²) in [4.78, 5) is 3.99. The summed E-state index contributed by atoms with van der Waals surface area (Å²) in [5.74, 6) is -0.00614. The highest BCUT2D eigenvalue weighted by Crippen LogP contribution is 2.32. The van der Waals surface area contributed by atoms with E-state index in [1.807, 2.05) is 0 Å². The lowest BCUT2D eigenvalue weighted by Gasteiger charge is -2.15. The number of halogens is 3. The molecule has 9 nitrogen and oxygen atoms in total. The number of nitrogen functional groups attached to an aromatic ring is 1. The van der Waals surface area contributed by atoms with Gasteiger partial charge in [0, 0.05) is 23.4 Å². The zero-order valence-electron chi connectivity index (χ0n) is 14.0. The quantitative estimate of drug-likeness (QED) is 0.477. The van der Waals surface area contributed by atoms with Crippen molar-refractivity contribution in [2.45, 2.75) is 13.0 Å². The summed E-state index contributed by atoms with van der Waals surface area (Å²) in [7, 11) is 0. The smallest absolute Gasteiger partial charge is 0.486 e. The lowest BCUT2D eigenvalue weighted by molar-refractivity contribution is -0.275. The standard InChI is InChI=1S/C16H12F3N7O2/c17-16(18,19)28-11-3-8(10-5-21-22-6-10)1-2-9(11)7-27-12-4-13(20)23-15-14(12)24-26-25-15/h1-6H,7H2,(H,21,22)(H3,20,23,24,25,26). The second kappa shape index (κ2) is 6.72. The minimum absolute atomic E-state index is 0.149. The van der Waals surface area contributed by atoms with Gasteiger partial charge in [-0.25, -0.2) is 10.1 Å². The van der Waals surface area contributed by atoms with Crippen LogP contribution in [0.15, 0.2) is 36.7 Å². The molecule has 0 amide bonds. The molecule has 3 aromatic heterocycles. The van der Waals surface area contributed by atoms with Gasteiger partial charge < -0.3 is 15.2 Å². The van der Waals surface area contributed by atoms with Crippen molar-refractivity contribution in [3.05, 3.63) is 42.2 Å². The Balaban J connectivity index is 1.65. The first-order valence-electron chi connectivity index (χ1n) is 7.87. The second-order valence-corrected chi connectivity index (χ2v) is 5.70. The van der Waals surface area contributed by atoms with Crippen LogP contribution in [0.5, 0.6) is 11.5 Å². The van der Waals surface area contributed by atoms with Gasteiger partial charge in [-0.05, 0) is 11.6 Å². The monoisotopic (exact) mass is 391 g/mol. The summed E-state index contributed by atoms with van der Waals surface area (Å²) in [6.07, 6.45) is -1.81. The molecule has 0 bridgehead atoms. The first-order valence-corrected chi connectivity index (χ1v) is 7.87. The number of anilines is 1. The van der Waals surface area contributed by atoms with Crippen LogP contribution in [-0.2, 0) is 6.61 Å². The van der Waals surface area contributed by atoms with Crippen LogP contribution in [0.25, 0.3) is 22.3 Å². The maximum Gasteiger partial charge on any atom is 0.573 e. The molecular weight excluding hydrogens is 379 g/mol. The number of hydrogen-bond donors (Lipinski definition) is 3. The molecule has 0 unspecified atom stereocenters. The van der Waals surface area contributed by atoms with E-state index < -0.39 is 6.36 Å². The lowest BCUT2D eigenvalue weighted by Crippen LogP contribution is -2.18. The van der Waals surface area contributed by atoms with Crippen molar-refractivity contribution in [2.75, 3.05) is 5.73 Å². The summed E-state index contributed by atoms with van der Waals surface area (Å²) >= 11 is 0. The molecule has 144 valence electrons. The third-order valence-corrected chi connectivity index (χ3v) is 3.79. The molecule has 12 heteroatoms. The van der Waals surface area contributed by atoms with Gasteiger partial charge in [-0.3, -0.25) is 5.10 Å². The van der Waals surface area contributed by atoms with Gasteiger partial charge in [0.2, 0.25) is 0 Å². The highest BCUT2D eigenvalue weighted by molar-refractivity contribution is 5.78. The molecule has 0 aliphatic carbocycles. The van der Waals surface area contributed by atoms with E-state index in [2.05, 4.69) is 35.3 Å². The zero-order valence-corrected chi connectivity index (χ0v) is 14.0. The number of nitrogens with two attached hydrogens (primary N) is 1. The van der Waals surface area contributed by atoms with E-state index in [0.717, 1.165) is 0 Å². The molecule has 0 radical (unpaired) electrons. The van der Waals surface area contributed by atoms with Crippen LogP contribution < -0.4 is 15.2 Å². The zero-order chi connectivity index (χ0) is 19.7. The first-order chi connectivity index (χ1) is 13.4. The molecule has 28 heavy (non-hydrogen) atoms. The topological polar surface area (TPSA) is 128 Å². The molecule has 3 heterocycles. The maximum absolute atomic E-state index is 12.8. The highest BCUT2D eigenvalue weighted by atomic mass is 19.4. The van der Waals surface area contributed by atoms with Crippen LogP contribution in [0.3, 0.4) is 0 Å². The van der Waals surface area contributed by atoms with Crippen molar-refractivity contribution in [1.82, 2.24) is 30.6 Å². The Labute approximate surface area is 154 Å². The molecule has 0 aliphatic rings. The van der Waals surface area contributed by atoms with Crippen LogP contribution in [-0.4, -0.2) is 37.0 Å². The Morgan fingerprint density at radius 2 is 1.96 bits per heavy atom. The minimum atomic E-state index is -4.86. The Hall–Kier alpha value is -3.83. The van der Waals surface area contributed by atoms with Crippen LogP contribution >= 0.6 is 0 Å². The van der Waals surface area contributed by atoms with Gasteiger partial charge >= 0.3 is 6.36 Å². The average Bonchev–Trinajstić information content (AvgIpc) is 3.30. The molecule has 0 spiro atoms. The van der Waals surface area contributed by atoms with Gasteiger partial charge in [-0.2, -0.15) is 5.10 Å². The van der Waals surface area contributed by atoms with Crippen molar-refractivity contribution in [3.8, 4) is 22.6 Å². The average molecular weight is 391 g/mol. The molecule has 0 saturated heterocycles. The van der Waals surface area contributed by atoms with Crippen molar-refractivity contribution in [1.29, 1.82) is 0 Å². The Kier molecular flexibility index (Phi) is 4.22. The van der Waals surface area contributed by atoms with E-state index in [4.69, 9.17) is 10.5 Å². The normalized spacial score (nSPS) is 11.7. The van der Waals surface area contributed by atoms with Gasteiger partial charge in [-0.1, -0.05) is 17.3 Å². The number of nitrogens with zero attached hydrogens (tertiary/aromatic N) is 4. The Bertz CT molecular complexity index is 1110. The number of hydrogen-bond acceptors (Lipinski definition) is 7. The van der Waals surface area contributed by atoms with Gasteiger partial charge in [0.25, 0.3) is 0 Å². The molecule has 0 aliphatic heterocycles. The van der Waals surface area contributed by atoms with E-state index in [-0.39, 0.29) is 29.5 Å². The van der Waals surface area contributed by atoms with Gasteiger partial charge in [0.1, 0.15) is 18.2 Å². The first kappa shape index (κ1) is 17.6. The van der Waals surface area contributed by atoms with Crippen molar-refractivity contribution >= 4 is 17.0 Å². The number of ether oxygens (including phenoxy) is 2. The second-order valence-electron chi connectivity index (χ2n) is 5.70. The van der Waals surface area contributed by atoms with Gasteiger partial charge in [-0.15, -0.1) is 18.3 Å². The Morgan fingerprint density at radius 3 is 2.71 bits per heavy atom. The summed E-state index contributed by atoms with van der Waals surface area (Å²) in [5.41, 5.74) is 7.60. The molecule has 0 atom stereocenters. The number of fused-ring (bicyclic) bond motifs is 1. The van der Waals surface area contributed by atoms with Crippen LogP contribution in [0.4, 0.5) is 19.0 Å². The van der Waals surface area contributed by atoms with Gasteiger partial charge in [0.05, 0.1) is 6.20 Å². The fourth-order valence-electron chi connectivity index (χ4n) is 2.58. The van der Waals surface area contributed by atoms with E-state index in [9.17, 15) is 13.2 Å². The minimum Gasteiger partial charge on any atom is -0.486 e. The molecule has 1 aromatic carbocycles. The molecule has 0 saturated carbocycles. The molecule has 4 rings (SSSR count).